The maximum atomic E-state index is 13.0. The van der Waals surface area contributed by atoms with Crippen LogP contribution in [0.25, 0.3) is 0 Å². The van der Waals surface area contributed by atoms with E-state index in [0.29, 0.717) is 24.3 Å². The molecule has 4 nitrogen and oxygen atoms in total. The number of aromatic nitrogens is 1. The molecule has 0 unspecified atom stereocenters. The van der Waals surface area contributed by atoms with Crippen LogP contribution in [0.15, 0.2) is 29.5 Å². The molecular weight excluding hydrogens is 370 g/mol. The van der Waals surface area contributed by atoms with Gasteiger partial charge in [0.15, 0.2) is 0 Å². The molecule has 4 aliphatic rings. The van der Waals surface area contributed by atoms with Gasteiger partial charge in [0, 0.05) is 44.7 Å². The highest BCUT2D eigenvalue weighted by atomic mass is 16.2. The predicted octanol–water partition coefficient (Wildman–Crippen LogP) is 5.52. The number of carbonyl (C=O) groups is 1. The molecule has 0 saturated heterocycles. The lowest BCUT2D eigenvalue weighted by Gasteiger charge is -2.57. The number of carbonyl (C=O) groups excluding carboxylic acids is 1. The highest BCUT2D eigenvalue weighted by Gasteiger charge is 2.50. The molecule has 0 atom stereocenters. The molecule has 4 aliphatic carbocycles. The van der Waals surface area contributed by atoms with E-state index >= 15 is 0 Å². The van der Waals surface area contributed by atoms with E-state index in [1.54, 1.807) is 12.4 Å². The zero-order valence-electron chi connectivity index (χ0n) is 18.8. The van der Waals surface area contributed by atoms with Crippen molar-refractivity contribution in [1.29, 1.82) is 0 Å². The summed E-state index contributed by atoms with van der Waals surface area (Å²) in [6.45, 7) is 4.69. The van der Waals surface area contributed by atoms with Crippen molar-refractivity contribution in [3.63, 3.8) is 0 Å². The maximum Gasteiger partial charge on any atom is 0.224 e. The van der Waals surface area contributed by atoms with E-state index in [2.05, 4.69) is 21.8 Å². The van der Waals surface area contributed by atoms with Crippen LogP contribution < -0.4 is 0 Å². The molecule has 4 bridgehead atoms. The van der Waals surface area contributed by atoms with E-state index in [4.69, 9.17) is 0 Å². The lowest BCUT2D eigenvalue weighted by molar-refractivity contribution is -0.132. The Kier molecular flexibility index (Phi) is 7.22. The van der Waals surface area contributed by atoms with Gasteiger partial charge in [-0.15, -0.1) is 0 Å². The number of amides is 1. The fraction of sp³-hybridized carbons (Fsp3) is 0.731. The van der Waals surface area contributed by atoms with E-state index in [1.807, 2.05) is 18.3 Å². The Labute approximate surface area is 182 Å². The van der Waals surface area contributed by atoms with Gasteiger partial charge in [0.25, 0.3) is 0 Å². The summed E-state index contributed by atoms with van der Waals surface area (Å²) in [5.41, 5.74) is 1.59. The third kappa shape index (κ3) is 5.50. The molecule has 4 heteroatoms. The van der Waals surface area contributed by atoms with Gasteiger partial charge in [0.2, 0.25) is 5.91 Å². The smallest absolute Gasteiger partial charge is 0.224 e. The first-order chi connectivity index (χ1) is 14.7. The van der Waals surface area contributed by atoms with Gasteiger partial charge < -0.3 is 4.90 Å². The summed E-state index contributed by atoms with van der Waals surface area (Å²) >= 11 is 0. The summed E-state index contributed by atoms with van der Waals surface area (Å²) < 4.78 is 0. The molecule has 4 saturated carbocycles. The molecule has 0 N–H and O–H groups in total. The average molecular weight is 410 g/mol. The zero-order chi connectivity index (χ0) is 20.8. The second-order valence-corrected chi connectivity index (χ2v) is 10.3. The quantitative estimate of drug-likeness (QED) is 0.357. The number of hydrogen-bond donors (Lipinski definition) is 0. The second-order valence-electron chi connectivity index (χ2n) is 10.3. The number of aliphatic imine (C=N–C) groups is 1. The van der Waals surface area contributed by atoms with Gasteiger partial charge in [-0.2, -0.15) is 0 Å². The lowest BCUT2D eigenvalue weighted by Crippen LogP contribution is -2.47. The Balaban J connectivity index is 1.29. The Bertz CT molecular complexity index is 679. The van der Waals surface area contributed by atoms with Gasteiger partial charge in [-0.1, -0.05) is 19.8 Å². The van der Waals surface area contributed by atoms with E-state index in [-0.39, 0.29) is 0 Å². The molecule has 30 heavy (non-hydrogen) atoms. The number of rotatable bonds is 11. The summed E-state index contributed by atoms with van der Waals surface area (Å²) in [6.07, 6.45) is 19.5. The molecule has 1 aromatic heterocycles. The first-order valence-corrected chi connectivity index (χ1v) is 12.3. The Morgan fingerprint density at radius 1 is 1.10 bits per heavy atom. The van der Waals surface area contributed by atoms with Crippen LogP contribution in [0, 0.1) is 23.2 Å². The number of nitrogens with zero attached hydrogens (tertiary/aromatic N) is 3. The zero-order valence-corrected chi connectivity index (χ0v) is 18.8. The van der Waals surface area contributed by atoms with Crippen molar-refractivity contribution in [1.82, 2.24) is 9.88 Å². The van der Waals surface area contributed by atoms with Gasteiger partial charge >= 0.3 is 0 Å². The fourth-order valence-corrected chi connectivity index (χ4v) is 6.82. The van der Waals surface area contributed by atoms with Gasteiger partial charge in [-0.25, -0.2) is 0 Å². The van der Waals surface area contributed by atoms with E-state index in [0.717, 1.165) is 42.8 Å². The van der Waals surface area contributed by atoms with Gasteiger partial charge in [0.05, 0.1) is 0 Å². The molecule has 1 heterocycles. The minimum Gasteiger partial charge on any atom is -0.343 e. The molecule has 1 amide bonds. The largest absolute Gasteiger partial charge is 0.343 e. The first-order valence-electron chi connectivity index (χ1n) is 12.3. The molecule has 4 fully saturated rings. The van der Waals surface area contributed by atoms with Crippen LogP contribution in [0.1, 0.15) is 83.1 Å². The SMILES string of the molecule is CCCCCN(CCC12CC3CC(CC(C3)C1)C2)C(=O)CCN=Cc1ccncc1. The molecule has 0 spiro atoms. The second kappa shape index (κ2) is 10.1. The van der Waals surface area contributed by atoms with Crippen molar-refractivity contribution in [3.8, 4) is 0 Å². The van der Waals surface area contributed by atoms with Crippen molar-refractivity contribution in [2.75, 3.05) is 19.6 Å². The maximum absolute atomic E-state index is 13.0. The third-order valence-corrected chi connectivity index (χ3v) is 7.86. The van der Waals surface area contributed by atoms with Crippen LogP contribution in [-0.2, 0) is 4.79 Å². The molecule has 0 aliphatic heterocycles. The van der Waals surface area contributed by atoms with Gasteiger partial charge in [-0.05, 0) is 92.2 Å². The van der Waals surface area contributed by atoms with E-state index in [1.165, 1.54) is 57.8 Å². The van der Waals surface area contributed by atoms with Crippen LogP contribution in [0.2, 0.25) is 0 Å². The van der Waals surface area contributed by atoms with Crippen molar-refractivity contribution in [2.45, 2.75) is 77.6 Å². The Morgan fingerprint density at radius 2 is 1.77 bits per heavy atom. The van der Waals surface area contributed by atoms with Crippen molar-refractivity contribution >= 4 is 12.1 Å². The van der Waals surface area contributed by atoms with E-state index < -0.39 is 0 Å². The van der Waals surface area contributed by atoms with Crippen LogP contribution in [0.5, 0.6) is 0 Å². The minimum atomic E-state index is 0.294. The van der Waals surface area contributed by atoms with Gasteiger partial charge in [-0.3, -0.25) is 14.8 Å². The predicted molar refractivity (Wildman–Crippen MR) is 123 cm³/mol. The van der Waals surface area contributed by atoms with Crippen molar-refractivity contribution < 1.29 is 4.79 Å². The minimum absolute atomic E-state index is 0.294. The number of pyridine rings is 1. The molecule has 1 aromatic rings. The molecule has 164 valence electrons. The molecular formula is C26H39N3O. The highest BCUT2D eigenvalue weighted by molar-refractivity contribution is 5.80. The highest BCUT2D eigenvalue weighted by Crippen LogP contribution is 2.61. The van der Waals surface area contributed by atoms with Crippen LogP contribution in [0.3, 0.4) is 0 Å². The normalized spacial score (nSPS) is 29.6. The molecule has 0 radical (unpaired) electrons. The molecule has 5 rings (SSSR count). The monoisotopic (exact) mass is 409 g/mol. The fourth-order valence-electron chi connectivity index (χ4n) is 6.82. The summed E-state index contributed by atoms with van der Waals surface area (Å²) in [5, 5.41) is 0. The van der Waals surface area contributed by atoms with Gasteiger partial charge in [0.1, 0.15) is 0 Å². The molecule has 0 aromatic carbocycles. The number of unbranched alkanes of at least 4 members (excludes halogenated alkanes) is 2. The summed E-state index contributed by atoms with van der Waals surface area (Å²) in [5.74, 6) is 3.26. The standard InChI is InChI=1S/C26H39N3O/c1-2-3-4-12-29(25(30)7-11-28-20-21-5-9-27-10-6-21)13-8-26-17-22-14-23(18-26)16-24(15-22)19-26/h5-6,9-10,20,22-24H,2-4,7-8,11-19H2,1H3. The lowest BCUT2D eigenvalue weighted by atomic mass is 9.49. The Morgan fingerprint density at radius 3 is 2.40 bits per heavy atom. The first kappa shape index (κ1) is 21.5. The van der Waals surface area contributed by atoms with Crippen molar-refractivity contribution in [3.05, 3.63) is 30.1 Å². The van der Waals surface area contributed by atoms with Crippen LogP contribution in [-0.4, -0.2) is 41.6 Å². The summed E-state index contributed by atoms with van der Waals surface area (Å²) in [4.78, 5) is 23.7. The number of hydrogen-bond acceptors (Lipinski definition) is 3. The average Bonchev–Trinajstić information content (AvgIpc) is 2.73. The van der Waals surface area contributed by atoms with Crippen LogP contribution in [0.4, 0.5) is 0 Å². The third-order valence-electron chi connectivity index (χ3n) is 7.86. The van der Waals surface area contributed by atoms with E-state index in [9.17, 15) is 4.79 Å². The Hall–Kier alpha value is -1.71. The summed E-state index contributed by atoms with van der Waals surface area (Å²) in [7, 11) is 0. The van der Waals surface area contributed by atoms with Crippen LogP contribution >= 0.6 is 0 Å². The topological polar surface area (TPSA) is 45.6 Å². The summed E-state index contributed by atoms with van der Waals surface area (Å²) in [6, 6.07) is 3.88. The van der Waals surface area contributed by atoms with Crippen molar-refractivity contribution in [2.24, 2.45) is 28.2 Å².